The first-order chi connectivity index (χ1) is 8.95. The Morgan fingerprint density at radius 3 is 2.45 bits per heavy atom. The maximum atomic E-state index is 12.3. The zero-order valence-corrected chi connectivity index (χ0v) is 13.3. The van der Waals surface area contributed by atoms with E-state index in [1.54, 1.807) is 18.9 Å². The van der Waals surface area contributed by atoms with Crippen molar-refractivity contribution in [1.82, 2.24) is 10.2 Å². The van der Waals surface area contributed by atoms with E-state index in [-0.39, 0.29) is 36.2 Å². The molecule has 0 spiro atoms. The van der Waals surface area contributed by atoms with Gasteiger partial charge in [-0.1, -0.05) is 0 Å². The maximum absolute atomic E-state index is 12.3. The molecule has 0 aromatic heterocycles. The third-order valence-electron chi connectivity index (χ3n) is 4.86. The van der Waals surface area contributed by atoms with Gasteiger partial charge in [0, 0.05) is 19.6 Å². The Hall–Kier alpha value is -0.810. The van der Waals surface area contributed by atoms with Crippen LogP contribution in [0.2, 0.25) is 0 Å². The van der Waals surface area contributed by atoms with Gasteiger partial charge in [-0.15, -0.1) is 12.4 Å². The summed E-state index contributed by atoms with van der Waals surface area (Å²) >= 11 is 0. The van der Waals surface area contributed by atoms with E-state index in [0.29, 0.717) is 18.4 Å². The van der Waals surface area contributed by atoms with E-state index >= 15 is 0 Å². The van der Waals surface area contributed by atoms with E-state index in [2.05, 4.69) is 5.32 Å². The standard InChI is InChI=1S/C14H25N3O2.ClH/c1-4-17(3)14(19)8(2)16-13(18)11-9-5-6-10(7-9)12(11)15;/h8-12H,4-7,15H2,1-3H3,(H,16,18);1H. The van der Waals surface area contributed by atoms with Gasteiger partial charge in [-0.2, -0.15) is 0 Å². The van der Waals surface area contributed by atoms with Gasteiger partial charge in [-0.3, -0.25) is 9.59 Å². The fourth-order valence-corrected chi connectivity index (χ4v) is 3.58. The Balaban J connectivity index is 0.00000200. The molecule has 2 aliphatic rings. The molecular weight excluding hydrogens is 278 g/mol. The van der Waals surface area contributed by atoms with Crippen molar-refractivity contribution < 1.29 is 9.59 Å². The van der Waals surface area contributed by atoms with Gasteiger partial charge in [0.25, 0.3) is 0 Å². The summed E-state index contributed by atoms with van der Waals surface area (Å²) in [6.45, 7) is 4.30. The number of carbonyl (C=O) groups is 2. The number of halogens is 1. The van der Waals surface area contributed by atoms with Gasteiger partial charge in [0.05, 0.1) is 5.92 Å². The number of nitrogens with zero attached hydrogens (tertiary/aromatic N) is 1. The van der Waals surface area contributed by atoms with Crippen LogP contribution in [-0.2, 0) is 9.59 Å². The molecule has 3 N–H and O–H groups in total. The third-order valence-corrected chi connectivity index (χ3v) is 4.86. The quantitative estimate of drug-likeness (QED) is 0.805. The maximum Gasteiger partial charge on any atom is 0.244 e. The van der Waals surface area contributed by atoms with Crippen molar-refractivity contribution in [3.63, 3.8) is 0 Å². The second-order valence-corrected chi connectivity index (χ2v) is 6.02. The summed E-state index contributed by atoms with van der Waals surface area (Å²) in [6, 6.07) is -0.492. The molecule has 2 fully saturated rings. The first-order valence-electron chi connectivity index (χ1n) is 7.26. The highest BCUT2D eigenvalue weighted by atomic mass is 35.5. The number of hydrogen-bond acceptors (Lipinski definition) is 3. The van der Waals surface area contributed by atoms with Crippen LogP contribution in [0.25, 0.3) is 0 Å². The fourth-order valence-electron chi connectivity index (χ4n) is 3.58. The van der Waals surface area contributed by atoms with Crippen LogP contribution in [0.15, 0.2) is 0 Å². The molecule has 5 atom stereocenters. The lowest BCUT2D eigenvalue weighted by Crippen LogP contribution is -2.51. The number of rotatable bonds is 4. The molecule has 116 valence electrons. The van der Waals surface area contributed by atoms with Crippen LogP contribution in [0.4, 0.5) is 0 Å². The monoisotopic (exact) mass is 303 g/mol. The molecule has 0 heterocycles. The molecular formula is C14H26ClN3O2. The van der Waals surface area contributed by atoms with Gasteiger partial charge < -0.3 is 16.0 Å². The number of amides is 2. The molecule has 2 bridgehead atoms. The molecule has 20 heavy (non-hydrogen) atoms. The van der Waals surface area contributed by atoms with Gasteiger partial charge in [0.15, 0.2) is 0 Å². The lowest BCUT2D eigenvalue weighted by molar-refractivity contribution is -0.136. The lowest BCUT2D eigenvalue weighted by atomic mass is 9.84. The van der Waals surface area contributed by atoms with Crippen LogP contribution < -0.4 is 11.1 Å². The topological polar surface area (TPSA) is 75.4 Å². The molecule has 2 amide bonds. The van der Waals surface area contributed by atoms with Crippen molar-refractivity contribution in [3.05, 3.63) is 0 Å². The Morgan fingerprint density at radius 2 is 1.95 bits per heavy atom. The van der Waals surface area contributed by atoms with Gasteiger partial charge in [-0.05, 0) is 44.9 Å². The summed E-state index contributed by atoms with van der Waals surface area (Å²) in [7, 11) is 1.74. The molecule has 0 radical (unpaired) electrons. The summed E-state index contributed by atoms with van der Waals surface area (Å²) < 4.78 is 0. The molecule has 0 aliphatic heterocycles. The van der Waals surface area contributed by atoms with Crippen molar-refractivity contribution in [1.29, 1.82) is 0 Å². The first-order valence-corrected chi connectivity index (χ1v) is 7.26. The largest absolute Gasteiger partial charge is 0.344 e. The molecule has 0 saturated heterocycles. The molecule has 6 heteroatoms. The predicted molar refractivity (Wildman–Crippen MR) is 80.5 cm³/mol. The highest BCUT2D eigenvalue weighted by Gasteiger charge is 2.49. The van der Waals surface area contributed by atoms with Gasteiger partial charge in [0.1, 0.15) is 6.04 Å². The minimum absolute atomic E-state index is 0. The van der Waals surface area contributed by atoms with Gasteiger partial charge in [0.2, 0.25) is 11.8 Å². The van der Waals surface area contributed by atoms with Crippen molar-refractivity contribution >= 4 is 24.2 Å². The van der Waals surface area contributed by atoms with Crippen molar-refractivity contribution in [2.24, 2.45) is 23.5 Å². The molecule has 5 nitrogen and oxygen atoms in total. The van der Waals surface area contributed by atoms with Crippen LogP contribution in [0.3, 0.4) is 0 Å². The van der Waals surface area contributed by atoms with Crippen LogP contribution in [0.5, 0.6) is 0 Å². The lowest BCUT2D eigenvalue weighted by Gasteiger charge is -2.29. The van der Waals surface area contributed by atoms with Crippen molar-refractivity contribution in [3.8, 4) is 0 Å². The number of likely N-dealkylation sites (N-methyl/N-ethyl adjacent to an activating group) is 1. The Labute approximate surface area is 127 Å². The summed E-state index contributed by atoms with van der Waals surface area (Å²) in [5, 5.41) is 2.84. The Morgan fingerprint density at radius 1 is 1.35 bits per heavy atom. The Kier molecular flexibility index (Phi) is 5.83. The average molecular weight is 304 g/mol. The molecule has 2 rings (SSSR count). The minimum atomic E-state index is -0.469. The van der Waals surface area contributed by atoms with Crippen LogP contribution >= 0.6 is 12.4 Å². The fraction of sp³-hybridized carbons (Fsp3) is 0.857. The van der Waals surface area contributed by atoms with Crippen molar-refractivity contribution in [2.45, 2.75) is 45.2 Å². The molecule has 5 unspecified atom stereocenters. The average Bonchev–Trinajstić information content (AvgIpc) is 2.97. The highest BCUT2D eigenvalue weighted by molar-refractivity contribution is 5.88. The molecule has 0 aromatic rings. The van der Waals surface area contributed by atoms with E-state index in [1.165, 1.54) is 0 Å². The van der Waals surface area contributed by atoms with E-state index in [9.17, 15) is 9.59 Å². The van der Waals surface area contributed by atoms with E-state index in [4.69, 9.17) is 5.73 Å². The van der Waals surface area contributed by atoms with E-state index in [1.807, 2.05) is 6.92 Å². The van der Waals surface area contributed by atoms with Gasteiger partial charge >= 0.3 is 0 Å². The molecule has 2 aliphatic carbocycles. The predicted octanol–water partition coefficient (Wildman–Crippen LogP) is 0.765. The zero-order chi connectivity index (χ0) is 14.2. The second-order valence-electron chi connectivity index (χ2n) is 6.02. The summed E-state index contributed by atoms with van der Waals surface area (Å²) in [6.07, 6.45) is 3.34. The second kappa shape index (κ2) is 6.76. The molecule has 2 saturated carbocycles. The van der Waals surface area contributed by atoms with E-state index in [0.717, 1.165) is 19.3 Å². The molecule has 0 aromatic carbocycles. The Bertz CT molecular complexity index is 375. The summed E-state index contributed by atoms with van der Waals surface area (Å²) in [5.41, 5.74) is 6.15. The van der Waals surface area contributed by atoms with Crippen LogP contribution in [0.1, 0.15) is 33.1 Å². The first kappa shape index (κ1) is 17.2. The number of nitrogens with two attached hydrogens (primary N) is 1. The summed E-state index contributed by atoms with van der Waals surface area (Å²) in [5.74, 6) is 0.745. The summed E-state index contributed by atoms with van der Waals surface area (Å²) in [4.78, 5) is 25.9. The van der Waals surface area contributed by atoms with Crippen molar-refractivity contribution in [2.75, 3.05) is 13.6 Å². The van der Waals surface area contributed by atoms with E-state index < -0.39 is 6.04 Å². The zero-order valence-electron chi connectivity index (χ0n) is 12.5. The van der Waals surface area contributed by atoms with Crippen LogP contribution in [-0.4, -0.2) is 42.4 Å². The number of hydrogen-bond donors (Lipinski definition) is 2. The highest BCUT2D eigenvalue weighted by Crippen LogP contribution is 2.47. The number of nitrogens with one attached hydrogen (secondary N) is 1. The number of carbonyl (C=O) groups excluding carboxylic acids is 2. The van der Waals surface area contributed by atoms with Gasteiger partial charge in [-0.25, -0.2) is 0 Å². The third kappa shape index (κ3) is 3.09. The SMILES string of the molecule is CCN(C)C(=O)C(C)NC(=O)C1C2CCC(C2)C1N.Cl. The normalized spacial score (nSPS) is 32.4. The van der Waals surface area contributed by atoms with Crippen LogP contribution in [0, 0.1) is 17.8 Å². The number of fused-ring (bicyclic) bond motifs is 2. The minimum Gasteiger partial charge on any atom is -0.344 e. The smallest absolute Gasteiger partial charge is 0.244 e.